The van der Waals surface area contributed by atoms with Crippen LogP contribution < -0.4 is 0 Å². The highest BCUT2D eigenvalue weighted by Gasteiger charge is 2.54. The molecule has 0 amide bonds. The monoisotopic (exact) mass is 246 g/mol. The first-order valence-electron chi connectivity index (χ1n) is 6.01. The van der Waals surface area contributed by atoms with Crippen LogP contribution in [0.2, 0.25) is 0 Å². The van der Waals surface area contributed by atoms with Gasteiger partial charge in [-0.3, -0.25) is 0 Å². The number of rotatable bonds is 2. The molecule has 2 saturated heterocycles. The Kier molecular flexibility index (Phi) is 3.25. The topological polar surface area (TPSA) is 57.2 Å². The van der Waals surface area contributed by atoms with E-state index in [1.54, 1.807) is 0 Å². The Morgan fingerprint density at radius 3 is 2.41 bits per heavy atom. The van der Waals surface area contributed by atoms with Crippen LogP contribution in [0.25, 0.3) is 0 Å². The van der Waals surface area contributed by atoms with Gasteiger partial charge in [-0.1, -0.05) is 0 Å². The fourth-order valence-electron chi connectivity index (χ4n) is 2.03. The van der Waals surface area contributed by atoms with E-state index in [1.165, 1.54) is 0 Å². The van der Waals surface area contributed by atoms with E-state index in [0.717, 1.165) is 0 Å². The van der Waals surface area contributed by atoms with Crippen molar-refractivity contribution in [3.8, 4) is 0 Å². The van der Waals surface area contributed by atoms with Crippen molar-refractivity contribution in [1.29, 1.82) is 0 Å². The number of aliphatic hydroxyl groups is 1. The van der Waals surface area contributed by atoms with Crippen LogP contribution in [-0.2, 0) is 18.9 Å². The molecule has 5 heteroatoms. The maximum absolute atomic E-state index is 10.1. The second-order valence-corrected chi connectivity index (χ2v) is 6.06. The number of hydrogen-bond donors (Lipinski definition) is 1. The standard InChI is InChI=1S/C12H22O5/c1-11(2,3)14-6-7-8(13)9-10(15-7)17-12(4,5)16-9/h7-10,13H,6H2,1-5H3/t7-,8?,9+,10-/m1/s1. The molecule has 1 N–H and O–H groups in total. The molecule has 0 aliphatic carbocycles. The molecule has 0 radical (unpaired) electrons. The van der Waals surface area contributed by atoms with E-state index in [-0.39, 0.29) is 11.7 Å². The molecule has 4 atom stereocenters. The Labute approximate surface area is 102 Å². The van der Waals surface area contributed by atoms with Gasteiger partial charge in [0.2, 0.25) is 0 Å². The minimum atomic E-state index is -0.705. The van der Waals surface area contributed by atoms with Gasteiger partial charge in [0.1, 0.15) is 18.3 Å². The summed E-state index contributed by atoms with van der Waals surface area (Å²) in [5, 5.41) is 10.1. The zero-order valence-corrected chi connectivity index (χ0v) is 11.1. The fourth-order valence-corrected chi connectivity index (χ4v) is 2.03. The number of fused-ring (bicyclic) bond motifs is 1. The summed E-state index contributed by atoms with van der Waals surface area (Å²) >= 11 is 0. The van der Waals surface area contributed by atoms with Gasteiger partial charge in [-0.2, -0.15) is 0 Å². The van der Waals surface area contributed by atoms with Gasteiger partial charge >= 0.3 is 0 Å². The SMILES string of the molecule is CC(C)(C)OC[C@H]1O[C@@H]2OC(C)(C)O[C@H]2C1O. The smallest absolute Gasteiger partial charge is 0.190 e. The van der Waals surface area contributed by atoms with Crippen molar-refractivity contribution in [1.82, 2.24) is 0 Å². The van der Waals surface area contributed by atoms with Crippen LogP contribution in [0.4, 0.5) is 0 Å². The predicted molar refractivity (Wildman–Crippen MR) is 60.4 cm³/mol. The molecular weight excluding hydrogens is 224 g/mol. The highest BCUT2D eigenvalue weighted by molar-refractivity contribution is 4.93. The molecule has 0 bridgehead atoms. The van der Waals surface area contributed by atoms with Crippen LogP contribution in [0, 0.1) is 0 Å². The molecule has 0 spiro atoms. The molecule has 2 aliphatic rings. The van der Waals surface area contributed by atoms with Crippen molar-refractivity contribution in [2.45, 2.75) is 70.6 Å². The maximum atomic E-state index is 10.1. The van der Waals surface area contributed by atoms with E-state index in [9.17, 15) is 5.11 Å². The number of ether oxygens (including phenoxy) is 4. The van der Waals surface area contributed by atoms with Gasteiger partial charge < -0.3 is 24.1 Å². The Balaban J connectivity index is 1.90. The maximum Gasteiger partial charge on any atom is 0.190 e. The highest BCUT2D eigenvalue weighted by atomic mass is 16.8. The molecule has 2 fully saturated rings. The average Bonchev–Trinajstić information content (AvgIpc) is 2.57. The molecule has 2 rings (SSSR count). The van der Waals surface area contributed by atoms with Gasteiger partial charge in [0.15, 0.2) is 12.1 Å². The van der Waals surface area contributed by atoms with E-state index >= 15 is 0 Å². The van der Waals surface area contributed by atoms with Crippen molar-refractivity contribution in [2.75, 3.05) is 6.61 Å². The van der Waals surface area contributed by atoms with Crippen molar-refractivity contribution in [3.63, 3.8) is 0 Å². The summed E-state index contributed by atoms with van der Waals surface area (Å²) in [4.78, 5) is 0. The van der Waals surface area contributed by atoms with Crippen LogP contribution in [0.5, 0.6) is 0 Å². The van der Waals surface area contributed by atoms with Gasteiger partial charge in [-0.25, -0.2) is 0 Å². The van der Waals surface area contributed by atoms with Crippen LogP contribution in [0.15, 0.2) is 0 Å². The number of hydrogen-bond acceptors (Lipinski definition) is 5. The predicted octanol–water partition coefficient (Wildman–Crippen LogP) is 1.04. The molecule has 2 heterocycles. The third-order valence-electron chi connectivity index (χ3n) is 2.80. The molecule has 0 saturated carbocycles. The lowest BCUT2D eigenvalue weighted by Crippen LogP contribution is -2.38. The lowest BCUT2D eigenvalue weighted by molar-refractivity contribution is -0.223. The van der Waals surface area contributed by atoms with Gasteiger partial charge in [0, 0.05) is 0 Å². The van der Waals surface area contributed by atoms with Crippen LogP contribution in [-0.4, -0.2) is 47.7 Å². The first kappa shape index (κ1) is 13.2. The summed E-state index contributed by atoms with van der Waals surface area (Å²) in [6, 6.07) is 0. The second-order valence-electron chi connectivity index (χ2n) is 6.06. The van der Waals surface area contributed by atoms with Crippen LogP contribution in [0.3, 0.4) is 0 Å². The van der Waals surface area contributed by atoms with Crippen molar-refractivity contribution in [2.24, 2.45) is 0 Å². The van der Waals surface area contributed by atoms with E-state index in [4.69, 9.17) is 18.9 Å². The van der Waals surface area contributed by atoms with Crippen molar-refractivity contribution >= 4 is 0 Å². The van der Waals surface area contributed by atoms with Crippen LogP contribution in [0.1, 0.15) is 34.6 Å². The Hall–Kier alpha value is -0.200. The van der Waals surface area contributed by atoms with E-state index in [1.807, 2.05) is 34.6 Å². The molecule has 1 unspecified atom stereocenters. The largest absolute Gasteiger partial charge is 0.387 e. The van der Waals surface area contributed by atoms with E-state index < -0.39 is 24.3 Å². The first-order chi connectivity index (χ1) is 7.68. The first-order valence-corrected chi connectivity index (χ1v) is 6.01. The molecule has 0 aromatic carbocycles. The lowest BCUT2D eigenvalue weighted by atomic mass is 10.1. The molecular formula is C12H22O5. The minimum absolute atomic E-state index is 0.248. The molecule has 100 valence electrons. The summed E-state index contributed by atoms with van der Waals surface area (Å²) in [5.74, 6) is -0.688. The van der Waals surface area contributed by atoms with Gasteiger partial charge in [0.25, 0.3) is 0 Å². The quantitative estimate of drug-likeness (QED) is 0.789. The Morgan fingerprint density at radius 1 is 1.24 bits per heavy atom. The summed E-state index contributed by atoms with van der Waals surface area (Å²) in [6.45, 7) is 9.84. The van der Waals surface area contributed by atoms with Crippen molar-refractivity contribution < 1.29 is 24.1 Å². The fraction of sp³-hybridized carbons (Fsp3) is 1.00. The molecule has 0 aromatic rings. The van der Waals surface area contributed by atoms with Crippen molar-refractivity contribution in [3.05, 3.63) is 0 Å². The zero-order chi connectivity index (χ0) is 12.8. The summed E-state index contributed by atoms with van der Waals surface area (Å²) in [5.41, 5.74) is -0.248. The minimum Gasteiger partial charge on any atom is -0.387 e. The molecule has 17 heavy (non-hydrogen) atoms. The number of aliphatic hydroxyl groups excluding tert-OH is 1. The molecule has 2 aliphatic heterocycles. The second kappa shape index (κ2) is 4.17. The third-order valence-corrected chi connectivity index (χ3v) is 2.80. The summed E-state index contributed by atoms with van der Waals surface area (Å²) < 4.78 is 22.4. The zero-order valence-electron chi connectivity index (χ0n) is 11.1. The summed E-state index contributed by atoms with van der Waals surface area (Å²) in [6.07, 6.45) is -2.00. The van der Waals surface area contributed by atoms with E-state index in [0.29, 0.717) is 6.61 Å². The van der Waals surface area contributed by atoms with Gasteiger partial charge in [-0.05, 0) is 34.6 Å². The summed E-state index contributed by atoms with van der Waals surface area (Å²) in [7, 11) is 0. The third kappa shape index (κ3) is 2.98. The van der Waals surface area contributed by atoms with E-state index in [2.05, 4.69) is 0 Å². The van der Waals surface area contributed by atoms with Crippen LogP contribution >= 0.6 is 0 Å². The van der Waals surface area contributed by atoms with Gasteiger partial charge in [-0.15, -0.1) is 0 Å². The molecule has 0 aromatic heterocycles. The normalized spacial score (nSPS) is 40.6. The van der Waals surface area contributed by atoms with Gasteiger partial charge in [0.05, 0.1) is 12.2 Å². The molecule has 5 nitrogen and oxygen atoms in total. The Morgan fingerprint density at radius 2 is 1.88 bits per heavy atom. The average molecular weight is 246 g/mol. The lowest BCUT2D eigenvalue weighted by Gasteiger charge is -2.26. The highest BCUT2D eigenvalue weighted by Crippen LogP contribution is 2.37. The Bertz CT molecular complexity index is 283.